The molecule has 0 bridgehead atoms. The summed E-state index contributed by atoms with van der Waals surface area (Å²) >= 11 is 1.72. The van der Waals surface area contributed by atoms with Gasteiger partial charge in [0, 0.05) is 19.2 Å². The second kappa shape index (κ2) is 6.17. The number of hydrogen-bond acceptors (Lipinski definition) is 3. The first-order valence-electron chi connectivity index (χ1n) is 5.09. The highest BCUT2D eigenvalue weighted by atomic mass is 32.1. The van der Waals surface area contributed by atoms with Crippen molar-refractivity contribution in [1.82, 2.24) is 5.32 Å². The lowest BCUT2D eigenvalue weighted by molar-refractivity contribution is 0.244. The van der Waals surface area contributed by atoms with Gasteiger partial charge in [-0.25, -0.2) is 0 Å². The van der Waals surface area contributed by atoms with Gasteiger partial charge in [0.25, 0.3) is 0 Å². The van der Waals surface area contributed by atoms with Gasteiger partial charge in [0.15, 0.2) is 0 Å². The van der Waals surface area contributed by atoms with E-state index < -0.39 is 0 Å². The topological polar surface area (TPSA) is 32.3 Å². The highest BCUT2D eigenvalue weighted by Gasteiger charge is 2.11. The highest BCUT2D eigenvalue weighted by molar-refractivity contribution is 7.07. The smallest absolute Gasteiger partial charge is 0.0445 e. The molecule has 0 amide bonds. The molecule has 0 radical (unpaired) electrons. The quantitative estimate of drug-likeness (QED) is 0.759. The summed E-state index contributed by atoms with van der Waals surface area (Å²) in [4.78, 5) is 0. The molecule has 1 heterocycles. The molecule has 3 heteroatoms. The predicted octanol–water partition coefficient (Wildman–Crippen LogP) is 2.24. The Morgan fingerprint density at radius 1 is 1.50 bits per heavy atom. The molecular weight excluding hydrogens is 194 g/mol. The maximum absolute atomic E-state index is 8.90. The predicted molar refractivity (Wildman–Crippen MR) is 61.5 cm³/mol. The second-order valence-electron chi connectivity index (χ2n) is 3.88. The number of aliphatic hydroxyl groups excluding tert-OH is 1. The van der Waals surface area contributed by atoms with Crippen LogP contribution in [0.2, 0.25) is 0 Å². The first kappa shape index (κ1) is 11.7. The minimum Gasteiger partial charge on any atom is -0.396 e. The van der Waals surface area contributed by atoms with Crippen LogP contribution in [0.15, 0.2) is 16.8 Å². The molecule has 1 aromatic heterocycles. The molecule has 0 aliphatic rings. The SMILES string of the molecule is CC(C)C(CCO)NCc1ccsc1. The molecule has 0 fully saturated rings. The van der Waals surface area contributed by atoms with E-state index in [4.69, 9.17) is 5.11 Å². The molecule has 0 saturated carbocycles. The number of rotatable bonds is 6. The van der Waals surface area contributed by atoms with Crippen LogP contribution >= 0.6 is 11.3 Å². The minimum atomic E-state index is 0.263. The van der Waals surface area contributed by atoms with Crippen LogP contribution in [-0.2, 0) is 6.54 Å². The number of nitrogens with one attached hydrogen (secondary N) is 1. The zero-order valence-corrected chi connectivity index (χ0v) is 9.68. The van der Waals surface area contributed by atoms with Crippen molar-refractivity contribution in [3.05, 3.63) is 22.4 Å². The summed E-state index contributed by atoms with van der Waals surface area (Å²) in [6.07, 6.45) is 0.835. The maximum Gasteiger partial charge on any atom is 0.0445 e. The van der Waals surface area contributed by atoms with Gasteiger partial charge in [0.05, 0.1) is 0 Å². The average Bonchev–Trinajstić information content (AvgIpc) is 2.64. The van der Waals surface area contributed by atoms with Crippen LogP contribution in [0, 0.1) is 5.92 Å². The standard InChI is InChI=1S/C11H19NOS/c1-9(2)11(3-5-13)12-7-10-4-6-14-8-10/h4,6,8-9,11-13H,3,5,7H2,1-2H3. The van der Waals surface area contributed by atoms with E-state index >= 15 is 0 Å². The molecule has 1 rings (SSSR count). The first-order chi connectivity index (χ1) is 6.74. The van der Waals surface area contributed by atoms with Crippen molar-refractivity contribution in [2.75, 3.05) is 6.61 Å². The van der Waals surface area contributed by atoms with E-state index in [2.05, 4.69) is 36.0 Å². The summed E-state index contributed by atoms with van der Waals surface area (Å²) in [5.41, 5.74) is 1.33. The molecule has 0 spiro atoms. The molecule has 14 heavy (non-hydrogen) atoms. The lowest BCUT2D eigenvalue weighted by Gasteiger charge is -2.21. The van der Waals surface area contributed by atoms with Gasteiger partial charge in [-0.15, -0.1) is 0 Å². The van der Waals surface area contributed by atoms with E-state index in [0.717, 1.165) is 13.0 Å². The Morgan fingerprint density at radius 2 is 2.29 bits per heavy atom. The summed E-state index contributed by atoms with van der Waals surface area (Å²) < 4.78 is 0. The van der Waals surface area contributed by atoms with Crippen LogP contribution in [0.3, 0.4) is 0 Å². The third-order valence-corrected chi connectivity index (χ3v) is 3.13. The molecule has 80 valence electrons. The van der Waals surface area contributed by atoms with Gasteiger partial charge in [-0.3, -0.25) is 0 Å². The van der Waals surface area contributed by atoms with Crippen LogP contribution in [-0.4, -0.2) is 17.8 Å². The van der Waals surface area contributed by atoms with Crippen molar-refractivity contribution in [2.45, 2.75) is 32.9 Å². The van der Waals surface area contributed by atoms with Gasteiger partial charge >= 0.3 is 0 Å². The lowest BCUT2D eigenvalue weighted by Crippen LogP contribution is -2.34. The van der Waals surface area contributed by atoms with E-state index in [9.17, 15) is 0 Å². The maximum atomic E-state index is 8.90. The second-order valence-corrected chi connectivity index (χ2v) is 4.66. The lowest BCUT2D eigenvalue weighted by atomic mass is 10.0. The van der Waals surface area contributed by atoms with Crippen molar-refractivity contribution >= 4 is 11.3 Å². The summed E-state index contributed by atoms with van der Waals surface area (Å²) in [5, 5.41) is 16.6. The van der Waals surface area contributed by atoms with Crippen LogP contribution in [0.4, 0.5) is 0 Å². The summed E-state index contributed by atoms with van der Waals surface area (Å²) in [6, 6.07) is 2.55. The van der Waals surface area contributed by atoms with Crippen LogP contribution in [0.1, 0.15) is 25.8 Å². The molecular formula is C11H19NOS. The van der Waals surface area contributed by atoms with Crippen molar-refractivity contribution in [1.29, 1.82) is 0 Å². The first-order valence-corrected chi connectivity index (χ1v) is 6.03. The number of hydrogen-bond donors (Lipinski definition) is 2. The third-order valence-electron chi connectivity index (χ3n) is 2.39. The Kier molecular flexibility index (Phi) is 5.15. The summed E-state index contributed by atoms with van der Waals surface area (Å²) in [5.74, 6) is 0.570. The van der Waals surface area contributed by atoms with Gasteiger partial charge in [-0.05, 0) is 34.7 Å². The van der Waals surface area contributed by atoms with E-state index in [1.54, 1.807) is 11.3 Å². The summed E-state index contributed by atoms with van der Waals surface area (Å²) in [6.45, 7) is 5.54. The van der Waals surface area contributed by atoms with Crippen molar-refractivity contribution < 1.29 is 5.11 Å². The monoisotopic (exact) mass is 213 g/mol. The summed E-state index contributed by atoms with van der Waals surface area (Å²) in [7, 11) is 0. The van der Waals surface area contributed by atoms with Gasteiger partial charge < -0.3 is 10.4 Å². The normalized spacial score (nSPS) is 13.4. The zero-order chi connectivity index (χ0) is 10.4. The van der Waals surface area contributed by atoms with Crippen LogP contribution in [0.5, 0.6) is 0 Å². The third kappa shape index (κ3) is 3.78. The van der Waals surface area contributed by atoms with Crippen molar-refractivity contribution in [3.8, 4) is 0 Å². The zero-order valence-electron chi connectivity index (χ0n) is 8.86. The largest absolute Gasteiger partial charge is 0.396 e. The van der Waals surface area contributed by atoms with Gasteiger partial charge in [0.2, 0.25) is 0 Å². The Bertz CT molecular complexity index is 233. The molecule has 1 atom stereocenters. The molecule has 1 unspecified atom stereocenters. The Morgan fingerprint density at radius 3 is 2.79 bits per heavy atom. The van der Waals surface area contributed by atoms with E-state index in [-0.39, 0.29) is 6.61 Å². The van der Waals surface area contributed by atoms with E-state index in [1.165, 1.54) is 5.56 Å². The molecule has 0 aliphatic heterocycles. The molecule has 2 N–H and O–H groups in total. The van der Waals surface area contributed by atoms with Gasteiger partial charge in [-0.1, -0.05) is 13.8 Å². The molecule has 2 nitrogen and oxygen atoms in total. The Hall–Kier alpha value is -0.380. The molecule has 1 aromatic rings. The number of thiophene rings is 1. The molecule has 0 saturated heterocycles. The van der Waals surface area contributed by atoms with E-state index in [0.29, 0.717) is 12.0 Å². The Labute approximate surface area is 90.0 Å². The number of aliphatic hydroxyl groups is 1. The van der Waals surface area contributed by atoms with Gasteiger partial charge in [-0.2, -0.15) is 11.3 Å². The minimum absolute atomic E-state index is 0.263. The fourth-order valence-electron chi connectivity index (χ4n) is 1.45. The Balaban J connectivity index is 2.33. The van der Waals surface area contributed by atoms with Crippen LogP contribution in [0.25, 0.3) is 0 Å². The van der Waals surface area contributed by atoms with Gasteiger partial charge in [0.1, 0.15) is 0 Å². The molecule has 0 aliphatic carbocycles. The van der Waals surface area contributed by atoms with E-state index in [1.807, 2.05) is 0 Å². The molecule has 0 aromatic carbocycles. The van der Waals surface area contributed by atoms with Crippen molar-refractivity contribution in [3.63, 3.8) is 0 Å². The van der Waals surface area contributed by atoms with Crippen LogP contribution < -0.4 is 5.32 Å². The average molecular weight is 213 g/mol. The fraction of sp³-hybridized carbons (Fsp3) is 0.636. The van der Waals surface area contributed by atoms with Crippen molar-refractivity contribution in [2.24, 2.45) is 5.92 Å². The highest BCUT2D eigenvalue weighted by Crippen LogP contribution is 2.09. The fourth-order valence-corrected chi connectivity index (χ4v) is 2.12.